The van der Waals surface area contributed by atoms with Gasteiger partial charge in [0.25, 0.3) is 0 Å². The van der Waals surface area contributed by atoms with Crippen molar-refractivity contribution in [3.05, 3.63) is 70.8 Å². The Kier molecular flexibility index (Phi) is 6.87. The Labute approximate surface area is 181 Å². The second kappa shape index (κ2) is 9.22. The lowest BCUT2D eigenvalue weighted by atomic mass is 9.73. The predicted molar refractivity (Wildman–Crippen MR) is 121 cm³/mol. The highest BCUT2D eigenvalue weighted by molar-refractivity contribution is 5.68. The van der Waals surface area contributed by atoms with Crippen LogP contribution in [0.2, 0.25) is 0 Å². The van der Waals surface area contributed by atoms with Gasteiger partial charge in [-0.05, 0) is 58.6 Å². The zero-order valence-electron chi connectivity index (χ0n) is 19.0. The van der Waals surface area contributed by atoms with Gasteiger partial charge in [-0.2, -0.15) is 0 Å². The van der Waals surface area contributed by atoms with E-state index in [1.54, 1.807) is 0 Å². The van der Waals surface area contributed by atoms with E-state index >= 15 is 0 Å². The van der Waals surface area contributed by atoms with E-state index in [1.807, 2.05) is 31.7 Å². The van der Waals surface area contributed by atoms with Crippen LogP contribution in [0.1, 0.15) is 55.9 Å². The van der Waals surface area contributed by atoms with Gasteiger partial charge in [0, 0.05) is 18.5 Å². The van der Waals surface area contributed by atoms with E-state index in [-0.39, 0.29) is 11.5 Å². The molecular weight excluding hydrogens is 374 g/mol. The molecule has 2 aromatic rings. The van der Waals surface area contributed by atoms with E-state index in [0.29, 0.717) is 26.3 Å². The second-order valence-electron chi connectivity index (χ2n) is 9.60. The number of piperidine rings is 1. The lowest BCUT2D eigenvalue weighted by molar-refractivity contribution is 0.00333. The molecule has 1 aliphatic rings. The van der Waals surface area contributed by atoms with Gasteiger partial charge >= 0.3 is 6.09 Å². The third-order valence-corrected chi connectivity index (χ3v) is 5.69. The summed E-state index contributed by atoms with van der Waals surface area (Å²) < 4.78 is 11.8. The van der Waals surface area contributed by atoms with Crippen LogP contribution in [0.3, 0.4) is 0 Å². The van der Waals surface area contributed by atoms with Crippen molar-refractivity contribution in [2.75, 3.05) is 19.7 Å². The van der Waals surface area contributed by atoms with E-state index < -0.39 is 5.60 Å². The summed E-state index contributed by atoms with van der Waals surface area (Å²) in [6, 6.07) is 17.1. The lowest BCUT2D eigenvalue weighted by Crippen LogP contribution is -2.48. The van der Waals surface area contributed by atoms with Crippen molar-refractivity contribution >= 4 is 6.09 Å². The molecule has 4 nitrogen and oxygen atoms in total. The number of carbonyl (C=O) groups excluding carboxylic acids is 1. The summed E-state index contributed by atoms with van der Waals surface area (Å²) in [4.78, 5) is 14.3. The molecule has 0 bridgehead atoms. The number of hydrogen-bond acceptors (Lipinski definition) is 3. The van der Waals surface area contributed by atoms with E-state index in [9.17, 15) is 4.79 Å². The Hall–Kier alpha value is -2.33. The molecule has 0 aromatic heterocycles. The van der Waals surface area contributed by atoms with Crippen molar-refractivity contribution in [1.29, 1.82) is 0 Å². The maximum atomic E-state index is 12.5. The molecule has 0 aliphatic carbocycles. The smallest absolute Gasteiger partial charge is 0.410 e. The molecule has 3 rings (SSSR count). The number of amides is 1. The monoisotopic (exact) mass is 409 g/mol. The highest BCUT2D eigenvalue weighted by Crippen LogP contribution is 2.36. The van der Waals surface area contributed by atoms with Crippen molar-refractivity contribution < 1.29 is 14.3 Å². The minimum atomic E-state index is -0.472. The molecule has 1 fully saturated rings. The summed E-state index contributed by atoms with van der Waals surface area (Å²) in [7, 11) is 0. The van der Waals surface area contributed by atoms with Gasteiger partial charge in [-0.1, -0.05) is 59.7 Å². The molecule has 4 heteroatoms. The average molecular weight is 410 g/mol. The molecular formula is C26H35NO3. The maximum absolute atomic E-state index is 12.5. The first-order valence-corrected chi connectivity index (χ1v) is 10.9. The minimum absolute atomic E-state index is 0.0847. The average Bonchev–Trinajstić information content (AvgIpc) is 2.67. The zero-order valence-corrected chi connectivity index (χ0v) is 19.0. The summed E-state index contributed by atoms with van der Waals surface area (Å²) in [5.74, 6) is 0. The van der Waals surface area contributed by atoms with Crippen LogP contribution in [0.4, 0.5) is 4.79 Å². The number of likely N-dealkylation sites (tertiary alicyclic amines) is 1. The molecule has 30 heavy (non-hydrogen) atoms. The quantitative estimate of drug-likeness (QED) is 0.627. The Balaban J connectivity index is 1.68. The largest absolute Gasteiger partial charge is 0.444 e. The van der Waals surface area contributed by atoms with Crippen LogP contribution in [0, 0.1) is 13.8 Å². The lowest BCUT2D eigenvalue weighted by Gasteiger charge is -2.42. The van der Waals surface area contributed by atoms with Crippen LogP contribution in [0.15, 0.2) is 48.5 Å². The van der Waals surface area contributed by atoms with Gasteiger partial charge in [0.2, 0.25) is 0 Å². The molecule has 1 saturated heterocycles. The molecule has 0 N–H and O–H groups in total. The Morgan fingerprint density at radius 2 is 1.60 bits per heavy atom. The Morgan fingerprint density at radius 3 is 2.17 bits per heavy atom. The topological polar surface area (TPSA) is 38.8 Å². The zero-order chi connectivity index (χ0) is 21.8. The Morgan fingerprint density at radius 1 is 1.00 bits per heavy atom. The summed E-state index contributed by atoms with van der Waals surface area (Å²) in [5.41, 5.74) is 4.46. The summed E-state index contributed by atoms with van der Waals surface area (Å²) in [6.45, 7) is 12.6. The molecule has 0 saturated carbocycles. The van der Waals surface area contributed by atoms with Crippen molar-refractivity contribution in [3.63, 3.8) is 0 Å². The third-order valence-electron chi connectivity index (χ3n) is 5.69. The summed E-state index contributed by atoms with van der Waals surface area (Å²) in [6.07, 6.45) is 1.51. The SMILES string of the molecule is Cc1cc(C)cc(COCC2(c3ccccc3)CCN(C(=O)OC(C)(C)C)CC2)c1. The molecule has 1 amide bonds. The van der Waals surface area contributed by atoms with Crippen molar-refractivity contribution in [2.24, 2.45) is 0 Å². The maximum Gasteiger partial charge on any atom is 0.410 e. The van der Waals surface area contributed by atoms with Gasteiger partial charge in [0.1, 0.15) is 5.60 Å². The highest BCUT2D eigenvalue weighted by atomic mass is 16.6. The summed E-state index contributed by atoms with van der Waals surface area (Å²) >= 11 is 0. The standard InChI is InChI=1S/C26H35NO3/c1-20-15-21(2)17-22(16-20)18-29-19-26(23-9-7-6-8-10-23)11-13-27(14-12-26)24(28)30-25(3,4)5/h6-10,15-17H,11-14,18-19H2,1-5H3. The van der Waals surface area contributed by atoms with Crippen molar-refractivity contribution in [3.8, 4) is 0 Å². The molecule has 1 aliphatic heterocycles. The van der Waals surface area contributed by atoms with Crippen LogP contribution in [-0.4, -0.2) is 36.3 Å². The fourth-order valence-corrected chi connectivity index (χ4v) is 4.27. The van der Waals surface area contributed by atoms with Crippen molar-refractivity contribution in [2.45, 2.75) is 65.1 Å². The number of rotatable bonds is 5. The van der Waals surface area contributed by atoms with Gasteiger partial charge in [-0.15, -0.1) is 0 Å². The fraction of sp³-hybridized carbons (Fsp3) is 0.500. The number of benzene rings is 2. The van der Waals surface area contributed by atoms with Gasteiger partial charge in [0.15, 0.2) is 0 Å². The second-order valence-corrected chi connectivity index (χ2v) is 9.60. The first-order valence-electron chi connectivity index (χ1n) is 10.9. The van der Waals surface area contributed by atoms with Crippen molar-refractivity contribution in [1.82, 2.24) is 4.90 Å². The van der Waals surface area contributed by atoms with Crippen LogP contribution >= 0.6 is 0 Å². The highest BCUT2D eigenvalue weighted by Gasteiger charge is 2.38. The molecule has 0 atom stereocenters. The molecule has 1 heterocycles. The third kappa shape index (κ3) is 5.85. The number of nitrogens with zero attached hydrogens (tertiary/aromatic N) is 1. The van der Waals surface area contributed by atoms with Gasteiger partial charge in [-0.3, -0.25) is 0 Å². The van der Waals surface area contributed by atoms with Crippen LogP contribution in [-0.2, 0) is 21.5 Å². The molecule has 0 unspecified atom stereocenters. The summed E-state index contributed by atoms with van der Waals surface area (Å²) in [5, 5.41) is 0. The van der Waals surface area contributed by atoms with Crippen LogP contribution in [0.25, 0.3) is 0 Å². The van der Waals surface area contributed by atoms with Crippen LogP contribution < -0.4 is 0 Å². The number of hydrogen-bond donors (Lipinski definition) is 0. The van der Waals surface area contributed by atoms with Gasteiger partial charge < -0.3 is 14.4 Å². The van der Waals surface area contributed by atoms with Gasteiger partial charge in [0.05, 0.1) is 13.2 Å². The normalized spacial score (nSPS) is 16.4. The van der Waals surface area contributed by atoms with E-state index in [4.69, 9.17) is 9.47 Å². The van der Waals surface area contributed by atoms with E-state index in [2.05, 4.69) is 56.3 Å². The van der Waals surface area contributed by atoms with Crippen LogP contribution in [0.5, 0.6) is 0 Å². The molecule has 2 aromatic carbocycles. The number of ether oxygens (including phenoxy) is 2. The predicted octanol–water partition coefficient (Wildman–Crippen LogP) is 5.79. The first-order chi connectivity index (χ1) is 14.2. The van der Waals surface area contributed by atoms with E-state index in [1.165, 1.54) is 22.3 Å². The molecule has 162 valence electrons. The number of carbonyl (C=O) groups is 1. The Bertz CT molecular complexity index is 826. The van der Waals surface area contributed by atoms with E-state index in [0.717, 1.165) is 12.8 Å². The molecule has 0 radical (unpaired) electrons. The first kappa shape index (κ1) is 22.4. The van der Waals surface area contributed by atoms with Gasteiger partial charge in [-0.25, -0.2) is 4.79 Å². The molecule has 0 spiro atoms. The minimum Gasteiger partial charge on any atom is -0.444 e. The number of aryl methyl sites for hydroxylation is 2. The fourth-order valence-electron chi connectivity index (χ4n) is 4.27.